The Hall–Kier alpha value is -3.81. The summed E-state index contributed by atoms with van der Waals surface area (Å²) in [6.07, 6.45) is 3.38. The van der Waals surface area contributed by atoms with Gasteiger partial charge < -0.3 is 9.88 Å². The third-order valence-electron chi connectivity index (χ3n) is 4.77. The number of carbonyl (C=O) groups excluding carboxylic acids is 1. The highest BCUT2D eigenvalue weighted by Crippen LogP contribution is 2.22. The molecule has 0 bridgehead atoms. The summed E-state index contributed by atoms with van der Waals surface area (Å²) in [5.41, 5.74) is 0.517. The smallest absolute Gasteiger partial charge is 0.274 e. The molecule has 1 N–H and O–H groups in total. The molecular formula is C21H18FN5O2. The van der Waals surface area contributed by atoms with Crippen molar-refractivity contribution in [3.63, 3.8) is 0 Å². The first-order valence-electron chi connectivity index (χ1n) is 8.95. The molecule has 29 heavy (non-hydrogen) atoms. The van der Waals surface area contributed by atoms with Crippen LogP contribution >= 0.6 is 0 Å². The summed E-state index contributed by atoms with van der Waals surface area (Å²) in [5.74, 6) is -0.252. The van der Waals surface area contributed by atoms with Crippen LogP contribution in [-0.2, 0) is 14.1 Å². The fraction of sp³-hybridized carbons (Fsp3) is 0.143. The van der Waals surface area contributed by atoms with E-state index in [0.717, 1.165) is 4.68 Å². The summed E-state index contributed by atoms with van der Waals surface area (Å²) >= 11 is 0. The molecule has 0 saturated carbocycles. The molecule has 0 aliphatic rings. The van der Waals surface area contributed by atoms with E-state index in [1.54, 1.807) is 53.4 Å². The van der Waals surface area contributed by atoms with E-state index in [4.69, 9.17) is 0 Å². The number of aromatic nitrogens is 4. The van der Waals surface area contributed by atoms with Crippen molar-refractivity contribution >= 4 is 16.7 Å². The summed E-state index contributed by atoms with van der Waals surface area (Å²) in [5, 5.41) is 7.97. The Labute approximate surface area is 165 Å². The molecule has 0 fully saturated rings. The SMILES string of the molecule is Cn1ccnc1[C@@H](NC(=O)c1nn(C)c(=O)c2ccccc12)c1ccc(F)cc1. The lowest BCUT2D eigenvalue weighted by molar-refractivity contribution is 0.0936. The summed E-state index contributed by atoms with van der Waals surface area (Å²) in [6.45, 7) is 0. The van der Waals surface area contributed by atoms with Crippen molar-refractivity contribution in [3.05, 3.63) is 94.2 Å². The van der Waals surface area contributed by atoms with Crippen LogP contribution in [0.3, 0.4) is 0 Å². The van der Waals surface area contributed by atoms with E-state index in [1.807, 2.05) is 7.05 Å². The van der Waals surface area contributed by atoms with Crippen LogP contribution in [0.4, 0.5) is 4.39 Å². The quantitative estimate of drug-likeness (QED) is 0.579. The number of imidazole rings is 1. The molecule has 0 aliphatic heterocycles. The fourth-order valence-electron chi connectivity index (χ4n) is 3.27. The first-order chi connectivity index (χ1) is 14.0. The second kappa shape index (κ2) is 7.31. The molecule has 7 nitrogen and oxygen atoms in total. The van der Waals surface area contributed by atoms with Gasteiger partial charge in [-0.15, -0.1) is 0 Å². The Morgan fingerprint density at radius 2 is 1.76 bits per heavy atom. The number of rotatable bonds is 4. The Morgan fingerprint density at radius 3 is 2.41 bits per heavy atom. The van der Waals surface area contributed by atoms with Crippen LogP contribution in [0.15, 0.2) is 65.7 Å². The topological polar surface area (TPSA) is 81.8 Å². The van der Waals surface area contributed by atoms with Gasteiger partial charge in [-0.3, -0.25) is 9.59 Å². The van der Waals surface area contributed by atoms with Gasteiger partial charge in [0.05, 0.1) is 5.39 Å². The van der Waals surface area contributed by atoms with Gasteiger partial charge in [0.25, 0.3) is 11.5 Å². The highest BCUT2D eigenvalue weighted by molar-refractivity contribution is 6.05. The Kier molecular flexibility index (Phi) is 4.67. The van der Waals surface area contributed by atoms with Crippen LogP contribution < -0.4 is 10.9 Å². The van der Waals surface area contributed by atoms with Crippen molar-refractivity contribution in [3.8, 4) is 0 Å². The largest absolute Gasteiger partial charge is 0.337 e. The van der Waals surface area contributed by atoms with E-state index in [2.05, 4.69) is 15.4 Å². The summed E-state index contributed by atoms with van der Waals surface area (Å²) in [4.78, 5) is 29.8. The molecule has 8 heteroatoms. The third-order valence-corrected chi connectivity index (χ3v) is 4.77. The van der Waals surface area contributed by atoms with E-state index in [9.17, 15) is 14.0 Å². The lowest BCUT2D eigenvalue weighted by Crippen LogP contribution is -2.34. The molecule has 1 amide bonds. The molecule has 4 aromatic rings. The van der Waals surface area contributed by atoms with Crippen LogP contribution in [0, 0.1) is 5.82 Å². The standard InChI is InChI=1S/C21H18FN5O2/c1-26-12-11-23-19(26)17(13-7-9-14(22)10-8-13)24-20(28)18-15-5-3-4-6-16(15)21(29)27(2)25-18/h3-12,17H,1-2H3,(H,24,28)/t17-/m0/s1. The predicted octanol–water partition coefficient (Wildman–Crippen LogP) is 2.33. The number of benzene rings is 2. The number of hydrogen-bond donors (Lipinski definition) is 1. The average molecular weight is 391 g/mol. The van der Waals surface area contributed by atoms with E-state index in [1.165, 1.54) is 19.2 Å². The van der Waals surface area contributed by atoms with Gasteiger partial charge in [-0.25, -0.2) is 14.1 Å². The minimum Gasteiger partial charge on any atom is -0.337 e. The van der Waals surface area contributed by atoms with E-state index < -0.39 is 11.9 Å². The number of nitrogens with one attached hydrogen (secondary N) is 1. The maximum absolute atomic E-state index is 13.4. The molecule has 2 aromatic carbocycles. The van der Waals surface area contributed by atoms with Gasteiger partial charge in [-0.1, -0.05) is 30.3 Å². The predicted molar refractivity (Wildman–Crippen MR) is 106 cm³/mol. The number of carbonyl (C=O) groups is 1. The van der Waals surface area contributed by atoms with Crippen LogP contribution in [0.5, 0.6) is 0 Å². The van der Waals surface area contributed by atoms with E-state index in [0.29, 0.717) is 22.2 Å². The maximum atomic E-state index is 13.4. The second-order valence-electron chi connectivity index (χ2n) is 6.68. The molecule has 0 unspecified atom stereocenters. The second-order valence-corrected chi connectivity index (χ2v) is 6.68. The molecule has 2 heterocycles. The lowest BCUT2D eigenvalue weighted by Gasteiger charge is -2.19. The van der Waals surface area contributed by atoms with Crippen LogP contribution in [-0.4, -0.2) is 25.2 Å². The summed E-state index contributed by atoms with van der Waals surface area (Å²) < 4.78 is 16.3. The minimum absolute atomic E-state index is 0.129. The van der Waals surface area contributed by atoms with Crippen molar-refractivity contribution in [2.45, 2.75) is 6.04 Å². The van der Waals surface area contributed by atoms with Gasteiger partial charge in [0, 0.05) is 31.9 Å². The summed E-state index contributed by atoms with van der Waals surface area (Å²) in [7, 11) is 3.31. The number of fused-ring (bicyclic) bond motifs is 1. The number of amides is 1. The summed E-state index contributed by atoms with van der Waals surface area (Å²) in [6, 6.07) is 12.1. The molecule has 4 rings (SSSR count). The van der Waals surface area contributed by atoms with Crippen molar-refractivity contribution in [1.29, 1.82) is 0 Å². The van der Waals surface area contributed by atoms with Gasteiger partial charge >= 0.3 is 0 Å². The Balaban J connectivity index is 1.79. The van der Waals surface area contributed by atoms with Gasteiger partial charge in [-0.05, 0) is 23.8 Å². The van der Waals surface area contributed by atoms with Gasteiger partial charge in [0.1, 0.15) is 17.7 Å². The highest BCUT2D eigenvalue weighted by atomic mass is 19.1. The lowest BCUT2D eigenvalue weighted by atomic mass is 10.0. The highest BCUT2D eigenvalue weighted by Gasteiger charge is 2.24. The first kappa shape index (κ1) is 18.5. The maximum Gasteiger partial charge on any atom is 0.274 e. The van der Waals surface area contributed by atoms with Crippen molar-refractivity contribution < 1.29 is 9.18 Å². The number of hydrogen-bond acceptors (Lipinski definition) is 4. The molecule has 146 valence electrons. The van der Waals surface area contributed by atoms with E-state index >= 15 is 0 Å². The molecular weight excluding hydrogens is 373 g/mol. The van der Waals surface area contributed by atoms with Gasteiger partial charge in [0.2, 0.25) is 0 Å². The zero-order valence-corrected chi connectivity index (χ0v) is 15.8. The molecule has 2 aromatic heterocycles. The zero-order chi connectivity index (χ0) is 20.5. The average Bonchev–Trinajstić information content (AvgIpc) is 3.15. The number of aryl methyl sites for hydroxylation is 2. The first-order valence-corrected chi connectivity index (χ1v) is 8.95. The van der Waals surface area contributed by atoms with Crippen LogP contribution in [0.2, 0.25) is 0 Å². The molecule has 0 aliphatic carbocycles. The molecule has 0 spiro atoms. The van der Waals surface area contributed by atoms with Crippen molar-refractivity contribution in [2.24, 2.45) is 14.1 Å². The normalized spacial score (nSPS) is 12.1. The van der Waals surface area contributed by atoms with Crippen molar-refractivity contribution in [1.82, 2.24) is 24.6 Å². The van der Waals surface area contributed by atoms with Gasteiger partial charge in [-0.2, -0.15) is 5.10 Å². The minimum atomic E-state index is -0.624. The van der Waals surface area contributed by atoms with Crippen molar-refractivity contribution in [2.75, 3.05) is 0 Å². The van der Waals surface area contributed by atoms with Crippen LogP contribution in [0.25, 0.3) is 10.8 Å². The monoisotopic (exact) mass is 391 g/mol. The zero-order valence-electron chi connectivity index (χ0n) is 15.8. The fourth-order valence-corrected chi connectivity index (χ4v) is 3.27. The third kappa shape index (κ3) is 3.40. The Morgan fingerprint density at radius 1 is 1.07 bits per heavy atom. The Bertz CT molecular complexity index is 1260. The van der Waals surface area contributed by atoms with Crippen LogP contribution in [0.1, 0.15) is 27.9 Å². The van der Waals surface area contributed by atoms with E-state index in [-0.39, 0.29) is 17.1 Å². The number of halogens is 1. The molecule has 0 saturated heterocycles. The van der Waals surface area contributed by atoms with Gasteiger partial charge in [0.15, 0.2) is 5.69 Å². The molecule has 1 atom stereocenters. The number of nitrogens with zero attached hydrogens (tertiary/aromatic N) is 4. The molecule has 0 radical (unpaired) electrons.